The highest BCUT2D eigenvalue weighted by molar-refractivity contribution is 5.90. The van der Waals surface area contributed by atoms with Crippen LogP contribution in [-0.4, -0.2) is 22.4 Å². The van der Waals surface area contributed by atoms with Crippen LogP contribution in [0.15, 0.2) is 30.3 Å². The number of carbonyl (C=O) groups excluding carboxylic acids is 1. The minimum absolute atomic E-state index is 0.0452. The highest BCUT2D eigenvalue weighted by Crippen LogP contribution is 2.31. The zero-order valence-electron chi connectivity index (χ0n) is 9.10. The Balaban J connectivity index is 2.11. The fraction of sp³-hybridized carbons (Fsp3) is 0.417. The second kappa shape index (κ2) is 3.35. The lowest BCUT2D eigenvalue weighted by molar-refractivity contribution is -0.159. The number of nitrogens with two attached hydrogens (primary N) is 1. The molecule has 0 spiro atoms. The lowest BCUT2D eigenvalue weighted by atomic mass is 9.82. The normalized spacial score (nSPS) is 23.8. The summed E-state index contributed by atoms with van der Waals surface area (Å²) in [5.74, 6) is 0.0452. The number of benzene rings is 1. The number of rotatable bonds is 2. The predicted molar refractivity (Wildman–Crippen MR) is 59.0 cm³/mol. The van der Waals surface area contributed by atoms with Crippen molar-refractivity contribution in [1.29, 1.82) is 0 Å². The molecule has 0 aliphatic carbocycles. The molecule has 3 nitrogen and oxygen atoms in total. The molecular weight excluding hydrogens is 188 g/mol. The molecule has 2 rings (SSSR count). The molecule has 2 N–H and O–H groups in total. The van der Waals surface area contributed by atoms with E-state index >= 15 is 0 Å². The van der Waals surface area contributed by atoms with Crippen molar-refractivity contribution >= 4 is 5.91 Å². The molecular formula is C12H16N2O. The van der Waals surface area contributed by atoms with Crippen LogP contribution in [0.4, 0.5) is 0 Å². The number of likely N-dealkylation sites (tertiary alicyclic amines) is 1. The molecule has 1 atom stereocenters. The third-order valence-electron chi connectivity index (χ3n) is 3.17. The molecule has 1 aromatic carbocycles. The number of nitrogens with zero attached hydrogens (tertiary/aromatic N) is 1. The fourth-order valence-electron chi connectivity index (χ4n) is 1.90. The van der Waals surface area contributed by atoms with Crippen LogP contribution in [0, 0.1) is 0 Å². The summed E-state index contributed by atoms with van der Waals surface area (Å²) < 4.78 is 0. The van der Waals surface area contributed by atoms with Gasteiger partial charge >= 0.3 is 0 Å². The van der Waals surface area contributed by atoms with Crippen molar-refractivity contribution in [3.8, 4) is 0 Å². The molecule has 0 bridgehead atoms. The van der Waals surface area contributed by atoms with E-state index < -0.39 is 0 Å². The fourth-order valence-corrected chi connectivity index (χ4v) is 1.90. The first-order valence-corrected chi connectivity index (χ1v) is 5.14. The average molecular weight is 204 g/mol. The molecule has 1 heterocycles. The molecule has 1 aromatic rings. The highest BCUT2D eigenvalue weighted by Gasteiger charge is 2.51. The maximum atomic E-state index is 11.6. The summed E-state index contributed by atoms with van der Waals surface area (Å²) >= 11 is 0. The Labute approximate surface area is 89.9 Å². The van der Waals surface area contributed by atoms with Crippen molar-refractivity contribution < 1.29 is 4.79 Å². The third-order valence-corrected chi connectivity index (χ3v) is 3.17. The molecule has 80 valence electrons. The van der Waals surface area contributed by atoms with Crippen molar-refractivity contribution in [2.75, 3.05) is 0 Å². The summed E-state index contributed by atoms with van der Waals surface area (Å²) in [6.45, 7) is 4.66. The van der Waals surface area contributed by atoms with Crippen LogP contribution in [0.1, 0.15) is 19.4 Å². The van der Waals surface area contributed by atoms with Crippen LogP contribution in [-0.2, 0) is 11.3 Å². The van der Waals surface area contributed by atoms with Gasteiger partial charge in [0, 0.05) is 6.54 Å². The van der Waals surface area contributed by atoms with Gasteiger partial charge < -0.3 is 10.6 Å². The molecule has 1 aliphatic heterocycles. The maximum absolute atomic E-state index is 11.6. The first-order chi connectivity index (χ1) is 7.03. The van der Waals surface area contributed by atoms with Crippen LogP contribution < -0.4 is 5.73 Å². The minimum atomic E-state index is -0.346. The molecule has 0 aromatic heterocycles. The number of hydrogen-bond donors (Lipinski definition) is 1. The van der Waals surface area contributed by atoms with E-state index in [2.05, 4.69) is 0 Å². The van der Waals surface area contributed by atoms with Gasteiger partial charge in [0.2, 0.25) is 5.91 Å². The molecule has 1 fully saturated rings. The summed E-state index contributed by atoms with van der Waals surface area (Å²) in [7, 11) is 0. The predicted octanol–water partition coefficient (Wildman–Crippen LogP) is 1.13. The average Bonchev–Trinajstić information content (AvgIpc) is 2.26. The molecule has 3 heteroatoms. The van der Waals surface area contributed by atoms with E-state index in [1.165, 1.54) is 0 Å². The molecule has 0 radical (unpaired) electrons. The van der Waals surface area contributed by atoms with Gasteiger partial charge in [0.25, 0.3) is 0 Å². The third kappa shape index (κ3) is 1.53. The van der Waals surface area contributed by atoms with E-state index in [1.807, 2.05) is 49.1 Å². The SMILES string of the molecule is CC1(C)C(N)C(=O)N1Cc1ccccc1. The van der Waals surface area contributed by atoms with E-state index in [-0.39, 0.29) is 17.5 Å². The number of hydrogen-bond acceptors (Lipinski definition) is 2. The van der Waals surface area contributed by atoms with Gasteiger partial charge in [-0.3, -0.25) is 4.79 Å². The van der Waals surface area contributed by atoms with Gasteiger partial charge in [-0.2, -0.15) is 0 Å². The number of carbonyl (C=O) groups is 1. The standard InChI is InChI=1S/C12H16N2O/c1-12(2)10(13)11(15)14(12)8-9-6-4-3-5-7-9/h3-7,10H,8,13H2,1-2H3. The van der Waals surface area contributed by atoms with Crippen LogP contribution in [0.3, 0.4) is 0 Å². The quantitative estimate of drug-likeness (QED) is 0.734. The topological polar surface area (TPSA) is 46.3 Å². The summed E-state index contributed by atoms with van der Waals surface area (Å²) in [5.41, 5.74) is 6.68. The van der Waals surface area contributed by atoms with Gasteiger partial charge in [0.1, 0.15) is 6.04 Å². The Morgan fingerprint density at radius 2 is 1.93 bits per heavy atom. The monoisotopic (exact) mass is 204 g/mol. The molecule has 1 amide bonds. The Morgan fingerprint density at radius 3 is 2.47 bits per heavy atom. The maximum Gasteiger partial charge on any atom is 0.242 e. The number of amides is 1. The lowest BCUT2D eigenvalue weighted by Gasteiger charge is -2.52. The molecule has 1 saturated heterocycles. The molecule has 15 heavy (non-hydrogen) atoms. The number of β-lactam (4-membered cyclic amide) rings is 1. The van der Waals surface area contributed by atoms with Crippen LogP contribution in [0.2, 0.25) is 0 Å². The van der Waals surface area contributed by atoms with Gasteiger partial charge in [-0.1, -0.05) is 30.3 Å². The van der Waals surface area contributed by atoms with Gasteiger partial charge in [-0.15, -0.1) is 0 Å². The smallest absolute Gasteiger partial charge is 0.242 e. The first-order valence-electron chi connectivity index (χ1n) is 5.14. The van der Waals surface area contributed by atoms with Crippen LogP contribution >= 0.6 is 0 Å². The van der Waals surface area contributed by atoms with Crippen molar-refractivity contribution in [3.63, 3.8) is 0 Å². The van der Waals surface area contributed by atoms with Crippen molar-refractivity contribution in [1.82, 2.24) is 4.90 Å². The van der Waals surface area contributed by atoms with Gasteiger partial charge in [0.05, 0.1) is 5.54 Å². The second-order valence-electron chi connectivity index (χ2n) is 4.54. The Morgan fingerprint density at radius 1 is 1.33 bits per heavy atom. The van der Waals surface area contributed by atoms with Crippen molar-refractivity contribution in [2.45, 2.75) is 32.0 Å². The van der Waals surface area contributed by atoms with E-state index in [0.29, 0.717) is 6.54 Å². The van der Waals surface area contributed by atoms with Crippen LogP contribution in [0.5, 0.6) is 0 Å². The lowest BCUT2D eigenvalue weighted by Crippen LogP contribution is -2.74. The van der Waals surface area contributed by atoms with Crippen molar-refractivity contribution in [2.24, 2.45) is 5.73 Å². The summed E-state index contributed by atoms with van der Waals surface area (Å²) in [6, 6.07) is 9.62. The Bertz CT molecular complexity index is 372. The molecule has 0 saturated carbocycles. The summed E-state index contributed by atoms with van der Waals surface area (Å²) in [5, 5.41) is 0. The van der Waals surface area contributed by atoms with E-state index in [1.54, 1.807) is 0 Å². The van der Waals surface area contributed by atoms with Crippen LogP contribution in [0.25, 0.3) is 0 Å². The van der Waals surface area contributed by atoms with Gasteiger partial charge in [-0.25, -0.2) is 0 Å². The molecule has 1 unspecified atom stereocenters. The summed E-state index contributed by atoms with van der Waals surface area (Å²) in [6.07, 6.45) is 0. The largest absolute Gasteiger partial charge is 0.330 e. The van der Waals surface area contributed by atoms with E-state index in [4.69, 9.17) is 5.73 Å². The molecule has 1 aliphatic rings. The van der Waals surface area contributed by atoms with Crippen molar-refractivity contribution in [3.05, 3.63) is 35.9 Å². The van der Waals surface area contributed by atoms with Gasteiger partial charge in [-0.05, 0) is 19.4 Å². The minimum Gasteiger partial charge on any atom is -0.330 e. The highest BCUT2D eigenvalue weighted by atomic mass is 16.2. The zero-order valence-corrected chi connectivity index (χ0v) is 9.10. The zero-order chi connectivity index (χ0) is 11.1. The van der Waals surface area contributed by atoms with E-state index in [0.717, 1.165) is 5.56 Å². The Kier molecular flexibility index (Phi) is 2.27. The van der Waals surface area contributed by atoms with E-state index in [9.17, 15) is 4.79 Å². The second-order valence-corrected chi connectivity index (χ2v) is 4.54. The summed E-state index contributed by atoms with van der Waals surface area (Å²) in [4.78, 5) is 13.4. The first kappa shape index (κ1) is 10.2. The van der Waals surface area contributed by atoms with Gasteiger partial charge in [0.15, 0.2) is 0 Å². The Hall–Kier alpha value is -1.35.